The number of quaternary nitrogens is 1. The molecule has 1 aliphatic rings. The fourth-order valence-electron chi connectivity index (χ4n) is 2.56. The van der Waals surface area contributed by atoms with Crippen molar-refractivity contribution < 1.29 is 19.3 Å². The van der Waals surface area contributed by atoms with Gasteiger partial charge in [-0.1, -0.05) is 11.6 Å². The van der Waals surface area contributed by atoms with Crippen molar-refractivity contribution in [3.8, 4) is 0 Å². The lowest BCUT2D eigenvalue weighted by atomic mass is 10.1. The normalized spacial score (nSPS) is 18.3. The van der Waals surface area contributed by atoms with E-state index >= 15 is 0 Å². The summed E-state index contributed by atoms with van der Waals surface area (Å²) in [7, 11) is 0. The predicted molar refractivity (Wildman–Crippen MR) is 96.2 cm³/mol. The van der Waals surface area contributed by atoms with Crippen molar-refractivity contribution in [2.75, 3.05) is 31.1 Å². The maximum atomic E-state index is 12.6. The van der Waals surface area contributed by atoms with Crippen LogP contribution in [0.5, 0.6) is 0 Å². The van der Waals surface area contributed by atoms with Crippen LogP contribution >= 0.6 is 11.6 Å². The fourth-order valence-corrected chi connectivity index (χ4v) is 2.69. The van der Waals surface area contributed by atoms with Crippen molar-refractivity contribution in [2.45, 2.75) is 13.8 Å². The number of nitrogens with one attached hydrogen (secondary N) is 2. The van der Waals surface area contributed by atoms with Crippen molar-refractivity contribution in [2.24, 2.45) is 10.9 Å². The molecule has 25 heavy (non-hydrogen) atoms. The third-order valence-electron chi connectivity index (χ3n) is 4.14. The molecule has 0 spiro atoms. The minimum absolute atomic E-state index is 0.352. The first-order valence-electron chi connectivity index (χ1n) is 8.25. The van der Waals surface area contributed by atoms with Gasteiger partial charge >= 0.3 is 6.03 Å². The van der Waals surface area contributed by atoms with Gasteiger partial charge in [0.2, 0.25) is 5.91 Å². The molecule has 1 saturated heterocycles. The zero-order chi connectivity index (χ0) is 18.4. The van der Waals surface area contributed by atoms with Crippen LogP contribution in [0.2, 0.25) is 5.02 Å². The SMILES string of the molecule is CC[NH+](CC)CCN=CC1C(=O)NC(=O)N(c2ccc(Cl)cc2)C1=O. The van der Waals surface area contributed by atoms with Gasteiger partial charge in [-0.2, -0.15) is 0 Å². The van der Waals surface area contributed by atoms with Gasteiger partial charge in [0, 0.05) is 11.2 Å². The van der Waals surface area contributed by atoms with Crippen LogP contribution in [0, 0.1) is 5.92 Å². The van der Waals surface area contributed by atoms with Gasteiger partial charge in [0.15, 0.2) is 5.92 Å². The molecule has 8 heteroatoms. The first-order chi connectivity index (χ1) is 12.0. The lowest BCUT2D eigenvalue weighted by Crippen LogP contribution is -3.11. The number of carbonyl (C=O) groups excluding carboxylic acids is 3. The summed E-state index contributed by atoms with van der Waals surface area (Å²) in [6, 6.07) is 5.48. The molecule has 0 saturated carbocycles. The van der Waals surface area contributed by atoms with E-state index in [-0.39, 0.29) is 0 Å². The van der Waals surface area contributed by atoms with Crippen molar-refractivity contribution in [1.29, 1.82) is 0 Å². The van der Waals surface area contributed by atoms with Crippen LogP contribution in [0.15, 0.2) is 29.3 Å². The molecule has 1 heterocycles. The molecule has 2 N–H and O–H groups in total. The summed E-state index contributed by atoms with van der Waals surface area (Å²) in [4.78, 5) is 43.1. The van der Waals surface area contributed by atoms with E-state index in [2.05, 4.69) is 24.2 Å². The van der Waals surface area contributed by atoms with E-state index < -0.39 is 23.8 Å². The van der Waals surface area contributed by atoms with Crippen LogP contribution in [-0.4, -0.2) is 50.2 Å². The van der Waals surface area contributed by atoms with Crippen LogP contribution in [-0.2, 0) is 9.59 Å². The first kappa shape index (κ1) is 19.1. The highest BCUT2D eigenvalue weighted by molar-refractivity contribution is 6.33. The Morgan fingerprint density at radius 2 is 1.84 bits per heavy atom. The summed E-state index contributed by atoms with van der Waals surface area (Å²) < 4.78 is 0. The summed E-state index contributed by atoms with van der Waals surface area (Å²) >= 11 is 5.83. The number of urea groups is 1. The molecule has 2 rings (SSSR count). The second-order valence-corrected chi connectivity index (χ2v) is 6.12. The zero-order valence-corrected chi connectivity index (χ0v) is 15.0. The number of hydrogen-bond acceptors (Lipinski definition) is 4. The number of nitrogens with zero attached hydrogens (tertiary/aromatic N) is 2. The minimum atomic E-state index is -1.11. The number of halogens is 1. The molecule has 0 bridgehead atoms. The third-order valence-corrected chi connectivity index (χ3v) is 4.39. The number of benzene rings is 1. The number of aliphatic imine (C=N–C) groups is 1. The minimum Gasteiger partial charge on any atom is -0.334 e. The van der Waals surface area contributed by atoms with Crippen molar-refractivity contribution in [3.05, 3.63) is 29.3 Å². The van der Waals surface area contributed by atoms with Gasteiger partial charge in [0.25, 0.3) is 5.91 Å². The van der Waals surface area contributed by atoms with Crippen molar-refractivity contribution in [3.63, 3.8) is 0 Å². The Balaban J connectivity index is 2.10. The summed E-state index contributed by atoms with van der Waals surface area (Å²) in [5.41, 5.74) is 0.352. The average molecular weight is 366 g/mol. The van der Waals surface area contributed by atoms with E-state index in [0.717, 1.165) is 24.5 Å². The summed E-state index contributed by atoms with van der Waals surface area (Å²) in [5, 5.41) is 2.68. The van der Waals surface area contributed by atoms with E-state index in [0.29, 0.717) is 17.3 Å². The highest BCUT2D eigenvalue weighted by Gasteiger charge is 2.40. The van der Waals surface area contributed by atoms with E-state index in [4.69, 9.17) is 11.6 Å². The van der Waals surface area contributed by atoms with Crippen LogP contribution in [0.1, 0.15) is 13.8 Å². The van der Waals surface area contributed by atoms with Crippen LogP contribution in [0.25, 0.3) is 0 Å². The molecule has 0 radical (unpaired) electrons. The molecule has 1 unspecified atom stereocenters. The van der Waals surface area contributed by atoms with Gasteiger partial charge < -0.3 is 4.90 Å². The molecule has 1 aromatic carbocycles. The second kappa shape index (κ2) is 8.73. The second-order valence-electron chi connectivity index (χ2n) is 5.68. The number of hydrogen-bond donors (Lipinski definition) is 2. The molecule has 1 atom stereocenters. The molecule has 1 aromatic rings. The Labute approximate surface area is 151 Å². The molecular formula is C17H22ClN4O3+. The number of anilines is 1. The number of carbonyl (C=O) groups is 3. The Bertz CT molecular complexity index is 671. The Morgan fingerprint density at radius 3 is 2.44 bits per heavy atom. The highest BCUT2D eigenvalue weighted by atomic mass is 35.5. The smallest absolute Gasteiger partial charge is 0.334 e. The predicted octanol–water partition coefficient (Wildman–Crippen LogP) is 0.534. The van der Waals surface area contributed by atoms with Crippen LogP contribution in [0.4, 0.5) is 10.5 Å². The topological polar surface area (TPSA) is 83.3 Å². The molecule has 1 aliphatic heterocycles. The van der Waals surface area contributed by atoms with E-state index in [1.807, 2.05) is 0 Å². The largest absolute Gasteiger partial charge is 0.335 e. The molecule has 4 amide bonds. The molecular weight excluding hydrogens is 344 g/mol. The lowest BCUT2D eigenvalue weighted by Gasteiger charge is -2.28. The van der Waals surface area contributed by atoms with Gasteiger partial charge in [-0.3, -0.25) is 19.9 Å². The zero-order valence-electron chi connectivity index (χ0n) is 14.3. The van der Waals surface area contributed by atoms with E-state index in [9.17, 15) is 14.4 Å². The average Bonchev–Trinajstić information content (AvgIpc) is 2.59. The fraction of sp³-hybridized carbons (Fsp3) is 0.412. The van der Waals surface area contributed by atoms with Crippen LogP contribution < -0.4 is 15.1 Å². The lowest BCUT2D eigenvalue weighted by molar-refractivity contribution is -0.894. The van der Waals surface area contributed by atoms with Crippen molar-refractivity contribution in [1.82, 2.24) is 5.32 Å². The number of likely N-dealkylation sites (N-methyl/N-ethyl adjacent to an activating group) is 1. The number of imide groups is 2. The van der Waals surface area contributed by atoms with Gasteiger partial charge in [-0.25, -0.2) is 9.69 Å². The summed E-state index contributed by atoms with van der Waals surface area (Å²) in [6.07, 6.45) is 1.33. The van der Waals surface area contributed by atoms with Gasteiger partial charge in [0.05, 0.1) is 31.9 Å². The van der Waals surface area contributed by atoms with E-state index in [1.54, 1.807) is 24.3 Å². The van der Waals surface area contributed by atoms with Gasteiger partial charge in [-0.05, 0) is 38.1 Å². The quantitative estimate of drug-likeness (QED) is 0.546. The maximum absolute atomic E-state index is 12.6. The molecule has 1 fully saturated rings. The molecule has 0 aliphatic carbocycles. The maximum Gasteiger partial charge on any atom is 0.335 e. The highest BCUT2D eigenvalue weighted by Crippen LogP contribution is 2.22. The molecule has 0 aromatic heterocycles. The van der Waals surface area contributed by atoms with Crippen molar-refractivity contribution >= 4 is 41.3 Å². The monoisotopic (exact) mass is 365 g/mol. The first-order valence-corrected chi connectivity index (χ1v) is 8.63. The Morgan fingerprint density at radius 1 is 1.20 bits per heavy atom. The molecule has 7 nitrogen and oxygen atoms in total. The molecule has 134 valence electrons. The van der Waals surface area contributed by atoms with E-state index in [1.165, 1.54) is 11.1 Å². The standard InChI is InChI=1S/C17H21ClN4O3/c1-3-21(4-2)10-9-19-11-14-15(23)20-17(25)22(16(14)24)13-7-5-12(18)6-8-13/h5-8,11,14H,3-4,9-10H2,1-2H3,(H,20,23,25)/p+1. The number of rotatable bonds is 7. The number of amides is 4. The Hall–Kier alpha value is -2.25. The summed E-state index contributed by atoms with van der Waals surface area (Å²) in [6.45, 7) is 7.52. The Kier molecular flexibility index (Phi) is 6.66. The van der Waals surface area contributed by atoms with Crippen LogP contribution in [0.3, 0.4) is 0 Å². The van der Waals surface area contributed by atoms with Gasteiger partial charge in [0.1, 0.15) is 0 Å². The third kappa shape index (κ3) is 4.64. The number of barbiturate groups is 1. The van der Waals surface area contributed by atoms with Gasteiger partial charge in [-0.15, -0.1) is 0 Å². The summed E-state index contributed by atoms with van der Waals surface area (Å²) in [5.74, 6) is -2.38.